The Morgan fingerprint density at radius 3 is 2.54 bits per heavy atom. The van der Waals surface area contributed by atoms with Crippen LogP contribution in [0.3, 0.4) is 0 Å². The number of anilines is 1. The first-order valence-electron chi connectivity index (χ1n) is 12.7. The zero-order chi connectivity index (χ0) is 30.0. The standard InChI is InChI=1S/C27H29F3N4O6S/c1-18-16-22(34(13-14-35)19(2)36)7-6-20(18)8-15-41(38,39)33-11-9-26(10-12-33)25(37)31-24(32-26)21-4-3-5-23(17-21)40-27(28,29)30/h3-8,15-17,35H,9-14H2,1-2H3,(H,31,32,37). The molecule has 2 amide bonds. The van der Waals surface area contributed by atoms with Crippen molar-refractivity contribution in [2.24, 2.45) is 4.99 Å². The first-order chi connectivity index (χ1) is 19.2. The fourth-order valence-electron chi connectivity index (χ4n) is 4.77. The highest BCUT2D eigenvalue weighted by Crippen LogP contribution is 2.33. The minimum absolute atomic E-state index is 0.0146. The Morgan fingerprint density at radius 2 is 1.93 bits per heavy atom. The summed E-state index contributed by atoms with van der Waals surface area (Å²) in [5.41, 5.74) is 0.943. The smallest absolute Gasteiger partial charge is 0.406 e. The number of amides is 2. The number of halogens is 3. The maximum atomic E-state index is 13.1. The van der Waals surface area contributed by atoms with E-state index in [2.05, 4.69) is 15.0 Å². The van der Waals surface area contributed by atoms with Crippen LogP contribution in [0.15, 0.2) is 52.9 Å². The van der Waals surface area contributed by atoms with Crippen LogP contribution in [0.2, 0.25) is 0 Å². The summed E-state index contributed by atoms with van der Waals surface area (Å²) in [6.45, 7) is 3.13. The van der Waals surface area contributed by atoms with Gasteiger partial charge in [-0.05, 0) is 61.2 Å². The fraction of sp³-hybridized carbons (Fsp3) is 0.370. The van der Waals surface area contributed by atoms with E-state index in [1.54, 1.807) is 25.1 Å². The van der Waals surface area contributed by atoms with Crippen LogP contribution in [0.1, 0.15) is 36.5 Å². The SMILES string of the molecule is CC(=O)N(CCO)c1ccc(C=CS(=O)(=O)N2CCC3(CC2)N=C(c2cccc(OC(F)(F)F)c2)NC3=O)c(C)c1. The number of carbonyl (C=O) groups excluding carboxylic acids is 2. The molecular formula is C27H29F3N4O6S. The van der Waals surface area contributed by atoms with E-state index in [0.29, 0.717) is 11.3 Å². The van der Waals surface area contributed by atoms with Crippen LogP contribution in [-0.2, 0) is 19.6 Å². The van der Waals surface area contributed by atoms with E-state index in [4.69, 9.17) is 0 Å². The van der Waals surface area contributed by atoms with Crippen LogP contribution < -0.4 is 15.0 Å². The number of piperidine rings is 1. The summed E-state index contributed by atoms with van der Waals surface area (Å²) in [6.07, 6.45) is -3.23. The largest absolute Gasteiger partial charge is 0.573 e. The van der Waals surface area contributed by atoms with Gasteiger partial charge < -0.3 is 20.1 Å². The Balaban J connectivity index is 1.45. The Morgan fingerprint density at radius 1 is 1.22 bits per heavy atom. The minimum atomic E-state index is -4.87. The predicted octanol–water partition coefficient (Wildman–Crippen LogP) is 2.95. The summed E-state index contributed by atoms with van der Waals surface area (Å²) >= 11 is 0. The van der Waals surface area contributed by atoms with E-state index >= 15 is 0 Å². The summed E-state index contributed by atoms with van der Waals surface area (Å²) in [4.78, 5) is 30.6. The lowest BCUT2D eigenvalue weighted by Crippen LogP contribution is -2.50. The van der Waals surface area contributed by atoms with Crippen molar-refractivity contribution in [1.29, 1.82) is 0 Å². The molecule has 1 fully saturated rings. The van der Waals surface area contributed by atoms with Crippen molar-refractivity contribution in [3.8, 4) is 5.75 Å². The number of aliphatic imine (C=N–C) groups is 1. The number of alkyl halides is 3. The Kier molecular flexibility index (Phi) is 8.57. The molecular weight excluding hydrogens is 565 g/mol. The predicted molar refractivity (Wildman–Crippen MR) is 146 cm³/mol. The summed E-state index contributed by atoms with van der Waals surface area (Å²) in [5, 5.41) is 12.9. The molecule has 0 aliphatic carbocycles. The second kappa shape index (κ2) is 11.6. The number of nitrogens with one attached hydrogen (secondary N) is 1. The van der Waals surface area contributed by atoms with Crippen LogP contribution in [0.5, 0.6) is 5.75 Å². The van der Waals surface area contributed by atoms with Gasteiger partial charge >= 0.3 is 6.36 Å². The number of nitrogens with zero attached hydrogens (tertiary/aromatic N) is 3. The van der Waals surface area contributed by atoms with Gasteiger partial charge in [0.1, 0.15) is 17.1 Å². The number of aliphatic hydroxyl groups is 1. The molecule has 2 aromatic carbocycles. The second-order valence-corrected chi connectivity index (χ2v) is 11.5. The molecule has 0 bridgehead atoms. The van der Waals surface area contributed by atoms with Crippen molar-refractivity contribution in [3.05, 3.63) is 64.6 Å². The molecule has 1 spiro atoms. The van der Waals surface area contributed by atoms with Gasteiger partial charge in [-0.2, -0.15) is 4.31 Å². The minimum Gasteiger partial charge on any atom is -0.406 e. The number of benzene rings is 2. The van der Waals surface area contributed by atoms with E-state index < -0.39 is 33.6 Å². The third-order valence-corrected chi connectivity index (χ3v) is 8.48. The third kappa shape index (κ3) is 6.94. The number of hydrogen-bond acceptors (Lipinski definition) is 7. The number of carbonyl (C=O) groups is 2. The zero-order valence-electron chi connectivity index (χ0n) is 22.3. The quantitative estimate of drug-likeness (QED) is 0.484. The number of amidine groups is 1. The molecule has 4 rings (SSSR count). The molecule has 2 aliphatic rings. The van der Waals surface area contributed by atoms with Crippen molar-refractivity contribution >= 4 is 39.4 Å². The van der Waals surface area contributed by atoms with E-state index in [1.807, 2.05) is 0 Å². The Labute approximate surface area is 235 Å². The molecule has 1 saturated heterocycles. The van der Waals surface area contributed by atoms with Gasteiger partial charge in [0, 0.05) is 43.2 Å². The van der Waals surface area contributed by atoms with Crippen LogP contribution >= 0.6 is 0 Å². The number of rotatable bonds is 8. The molecule has 2 aromatic rings. The van der Waals surface area contributed by atoms with Gasteiger partial charge in [0.25, 0.3) is 5.91 Å². The summed E-state index contributed by atoms with van der Waals surface area (Å²) < 4.78 is 69.1. The molecule has 41 heavy (non-hydrogen) atoms. The first kappa shape index (κ1) is 30.2. The van der Waals surface area contributed by atoms with Crippen LogP contribution in [-0.4, -0.2) is 73.6 Å². The molecule has 0 saturated carbocycles. The van der Waals surface area contributed by atoms with Gasteiger partial charge in [-0.15, -0.1) is 13.2 Å². The van der Waals surface area contributed by atoms with E-state index in [-0.39, 0.29) is 56.4 Å². The van der Waals surface area contributed by atoms with Crippen LogP contribution in [0, 0.1) is 6.92 Å². The van der Waals surface area contributed by atoms with Gasteiger partial charge in [-0.1, -0.05) is 18.2 Å². The highest BCUT2D eigenvalue weighted by molar-refractivity contribution is 7.92. The molecule has 2 heterocycles. The average Bonchev–Trinajstić information content (AvgIpc) is 3.21. The zero-order valence-corrected chi connectivity index (χ0v) is 23.1. The van der Waals surface area contributed by atoms with Gasteiger partial charge in [-0.3, -0.25) is 14.6 Å². The molecule has 0 atom stereocenters. The normalized spacial score (nSPS) is 17.5. The summed E-state index contributed by atoms with van der Waals surface area (Å²) in [6, 6.07) is 10.2. The lowest BCUT2D eigenvalue weighted by molar-refractivity contribution is -0.274. The first-order valence-corrected chi connectivity index (χ1v) is 14.2. The molecule has 0 unspecified atom stereocenters. The number of aliphatic hydroxyl groups excluding tert-OH is 1. The fourth-order valence-corrected chi connectivity index (χ4v) is 5.95. The van der Waals surface area contributed by atoms with Gasteiger partial charge in [0.15, 0.2) is 0 Å². The second-order valence-electron chi connectivity index (χ2n) is 9.70. The maximum Gasteiger partial charge on any atom is 0.573 e. The highest BCUT2D eigenvalue weighted by Gasteiger charge is 2.47. The van der Waals surface area contributed by atoms with Crippen LogP contribution in [0.25, 0.3) is 6.08 Å². The van der Waals surface area contributed by atoms with Crippen molar-refractivity contribution in [1.82, 2.24) is 9.62 Å². The summed E-state index contributed by atoms with van der Waals surface area (Å²) in [7, 11) is -3.85. The number of aryl methyl sites for hydroxylation is 1. The van der Waals surface area contributed by atoms with E-state index in [1.165, 1.54) is 34.3 Å². The van der Waals surface area contributed by atoms with Gasteiger partial charge in [0.05, 0.1) is 6.61 Å². The molecule has 14 heteroatoms. The topological polar surface area (TPSA) is 129 Å². The van der Waals surface area contributed by atoms with Gasteiger partial charge in [-0.25, -0.2) is 8.42 Å². The molecule has 220 valence electrons. The van der Waals surface area contributed by atoms with Crippen molar-refractivity contribution < 1.29 is 41.0 Å². The lowest BCUT2D eigenvalue weighted by Gasteiger charge is -2.34. The van der Waals surface area contributed by atoms with Crippen LogP contribution in [0.4, 0.5) is 18.9 Å². The number of ether oxygens (including phenoxy) is 1. The number of sulfonamides is 1. The lowest BCUT2D eigenvalue weighted by atomic mass is 9.89. The third-order valence-electron chi connectivity index (χ3n) is 6.92. The molecule has 10 nitrogen and oxygen atoms in total. The molecule has 2 N–H and O–H groups in total. The molecule has 0 radical (unpaired) electrons. The average molecular weight is 595 g/mol. The Hall–Kier alpha value is -3.75. The van der Waals surface area contributed by atoms with E-state index in [9.17, 15) is 36.3 Å². The maximum absolute atomic E-state index is 13.1. The number of hydrogen-bond donors (Lipinski definition) is 2. The van der Waals surface area contributed by atoms with Crippen molar-refractivity contribution in [3.63, 3.8) is 0 Å². The monoisotopic (exact) mass is 594 g/mol. The summed E-state index contributed by atoms with van der Waals surface area (Å²) in [5.74, 6) is -1.03. The van der Waals surface area contributed by atoms with Crippen molar-refractivity contribution in [2.75, 3.05) is 31.1 Å². The van der Waals surface area contributed by atoms with Crippen molar-refractivity contribution in [2.45, 2.75) is 38.6 Å². The van der Waals surface area contributed by atoms with Gasteiger partial charge in [0.2, 0.25) is 15.9 Å². The Bertz CT molecular complexity index is 1500. The van der Waals surface area contributed by atoms with E-state index in [0.717, 1.165) is 23.1 Å². The highest BCUT2D eigenvalue weighted by atomic mass is 32.2. The molecule has 2 aliphatic heterocycles. The molecule has 0 aromatic heterocycles.